The number of anilines is 2. The van der Waals surface area contributed by atoms with Gasteiger partial charge in [0.25, 0.3) is 0 Å². The van der Waals surface area contributed by atoms with Crippen LogP contribution in [0.1, 0.15) is 12.8 Å². The van der Waals surface area contributed by atoms with Crippen molar-refractivity contribution in [1.29, 1.82) is 0 Å². The molecule has 7 heteroatoms. The van der Waals surface area contributed by atoms with Crippen LogP contribution in [0.4, 0.5) is 11.6 Å². The number of piperidine rings is 1. The highest BCUT2D eigenvalue weighted by Crippen LogP contribution is 2.35. The molecule has 1 fully saturated rings. The Kier molecular flexibility index (Phi) is 4.38. The molecule has 5 N–H and O–H groups in total. The van der Waals surface area contributed by atoms with E-state index in [2.05, 4.69) is 20.6 Å². The predicted octanol–water partition coefficient (Wildman–Crippen LogP) is 2.24. The summed E-state index contributed by atoms with van der Waals surface area (Å²) >= 11 is 12.3. The second-order valence-electron chi connectivity index (χ2n) is 5.52. The van der Waals surface area contributed by atoms with Gasteiger partial charge in [-0.05, 0) is 12.5 Å². The average molecular weight is 339 g/mol. The van der Waals surface area contributed by atoms with E-state index in [0.717, 1.165) is 31.7 Å². The lowest BCUT2D eigenvalue weighted by Gasteiger charge is -2.29. The van der Waals surface area contributed by atoms with E-state index in [1.54, 1.807) is 12.3 Å². The van der Waals surface area contributed by atoms with Crippen LogP contribution in [0.25, 0.3) is 11.3 Å². The highest BCUT2D eigenvalue weighted by Gasteiger charge is 2.21. The summed E-state index contributed by atoms with van der Waals surface area (Å²) in [5.41, 5.74) is 11.5. The van der Waals surface area contributed by atoms with Gasteiger partial charge in [0.05, 0.1) is 22.8 Å². The fraction of sp³-hybridized carbons (Fsp3) is 0.333. The predicted molar refractivity (Wildman–Crippen MR) is 90.0 cm³/mol. The maximum absolute atomic E-state index is 6.23. The Morgan fingerprint density at radius 2 is 2.14 bits per heavy atom. The van der Waals surface area contributed by atoms with Gasteiger partial charge < -0.3 is 16.4 Å². The van der Waals surface area contributed by atoms with Gasteiger partial charge in [0.2, 0.25) is 0 Å². The second kappa shape index (κ2) is 6.28. The van der Waals surface area contributed by atoms with Crippen LogP contribution in [-0.4, -0.2) is 29.1 Å². The van der Waals surface area contributed by atoms with Crippen LogP contribution in [0.15, 0.2) is 24.4 Å². The molecule has 0 saturated carbocycles. The minimum absolute atomic E-state index is 0.354. The lowest BCUT2D eigenvalue weighted by atomic mass is 10.1. The summed E-state index contributed by atoms with van der Waals surface area (Å²) < 4.78 is 0. The van der Waals surface area contributed by atoms with Crippen LogP contribution in [0.5, 0.6) is 0 Å². The quantitative estimate of drug-likeness (QED) is 0.879. The molecule has 5 nitrogen and oxygen atoms in total. The Morgan fingerprint density at radius 3 is 2.86 bits per heavy atom. The molecule has 1 aliphatic rings. The Morgan fingerprint density at radius 1 is 1.32 bits per heavy atom. The summed E-state index contributed by atoms with van der Waals surface area (Å²) in [5, 5.41) is 0.911. The van der Waals surface area contributed by atoms with Crippen LogP contribution in [0.3, 0.4) is 0 Å². The number of benzene rings is 1. The maximum atomic E-state index is 6.23. The van der Waals surface area contributed by atoms with Crippen molar-refractivity contribution in [1.82, 2.24) is 9.97 Å². The fourth-order valence-electron chi connectivity index (χ4n) is 2.71. The van der Waals surface area contributed by atoms with Gasteiger partial charge in [0.15, 0.2) is 5.82 Å². The van der Waals surface area contributed by atoms with Crippen molar-refractivity contribution in [2.24, 2.45) is 0 Å². The first-order chi connectivity index (χ1) is 10.6. The van der Waals surface area contributed by atoms with E-state index in [-0.39, 0.29) is 0 Å². The number of halogens is 2. The largest absolute Gasteiger partial charge is 0.382 e. The average Bonchev–Trinajstić information content (AvgIpc) is 2.50. The molecule has 22 heavy (non-hydrogen) atoms. The molecule has 3 rings (SSSR count). The van der Waals surface area contributed by atoms with Crippen LogP contribution in [0.2, 0.25) is 10.0 Å². The monoisotopic (exact) mass is 338 g/mol. The summed E-state index contributed by atoms with van der Waals surface area (Å²) in [7, 11) is 0. The molecule has 0 bridgehead atoms. The zero-order valence-electron chi connectivity index (χ0n) is 12.1. The van der Waals surface area contributed by atoms with Gasteiger partial charge in [0.1, 0.15) is 17.6 Å². The first-order valence-corrected chi connectivity index (χ1v) is 7.97. The topological polar surface area (TPSA) is 82.7 Å². The molecule has 2 aromatic rings. The van der Waals surface area contributed by atoms with Gasteiger partial charge in [-0.25, -0.2) is 9.97 Å². The van der Waals surface area contributed by atoms with Crippen molar-refractivity contribution in [3.63, 3.8) is 0 Å². The molecule has 1 unspecified atom stereocenters. The van der Waals surface area contributed by atoms with E-state index >= 15 is 0 Å². The van der Waals surface area contributed by atoms with Gasteiger partial charge in [-0.2, -0.15) is 0 Å². The van der Waals surface area contributed by atoms with E-state index < -0.39 is 0 Å². The lowest BCUT2D eigenvalue weighted by molar-refractivity contribution is -0.419. The van der Waals surface area contributed by atoms with E-state index in [1.807, 2.05) is 12.1 Å². The third kappa shape index (κ3) is 2.97. The molecular weight excluding hydrogens is 321 g/mol. The molecule has 1 aromatic carbocycles. The Bertz CT molecular complexity index is 692. The van der Waals surface area contributed by atoms with Crippen LogP contribution in [-0.2, 0) is 0 Å². The first kappa shape index (κ1) is 15.3. The molecule has 116 valence electrons. The number of nitrogens with two attached hydrogens (primary N) is 1. The van der Waals surface area contributed by atoms with Gasteiger partial charge in [-0.1, -0.05) is 35.3 Å². The van der Waals surface area contributed by atoms with E-state index in [9.17, 15) is 0 Å². The zero-order chi connectivity index (χ0) is 15.7. The number of nitrogens with zero attached hydrogens (tertiary/aromatic N) is 3. The minimum atomic E-state index is 0.354. The number of hydrogen-bond acceptors (Lipinski definition) is 4. The van der Waals surface area contributed by atoms with Crippen LogP contribution < -0.4 is 16.4 Å². The normalized spacial score (nSPS) is 18.5. The van der Waals surface area contributed by atoms with Crippen molar-refractivity contribution in [2.75, 3.05) is 23.7 Å². The number of rotatable bonds is 2. The molecule has 1 saturated heterocycles. The Balaban J connectivity index is 1.94. The molecular formula is C15H18Cl2N5+. The van der Waals surface area contributed by atoms with Crippen molar-refractivity contribution in [3.05, 3.63) is 34.4 Å². The number of quaternary nitrogens is 1. The van der Waals surface area contributed by atoms with Gasteiger partial charge in [0, 0.05) is 18.5 Å². The van der Waals surface area contributed by atoms with Crippen molar-refractivity contribution in [2.45, 2.75) is 18.9 Å². The van der Waals surface area contributed by atoms with Gasteiger partial charge in [-0.15, -0.1) is 0 Å². The third-order valence-corrected chi connectivity index (χ3v) is 4.66. The summed E-state index contributed by atoms with van der Waals surface area (Å²) in [4.78, 5) is 11.1. The second-order valence-corrected chi connectivity index (χ2v) is 6.30. The van der Waals surface area contributed by atoms with Gasteiger partial charge >= 0.3 is 0 Å². The van der Waals surface area contributed by atoms with E-state index in [4.69, 9.17) is 28.9 Å². The molecule has 0 aliphatic carbocycles. The zero-order valence-corrected chi connectivity index (χ0v) is 13.6. The third-order valence-electron chi connectivity index (χ3n) is 3.84. The Hall–Kier alpha value is -1.56. The SMILES string of the molecule is Nc1nc(N2CCCC([NH3+])C2)cnc1-c1cccc(Cl)c1Cl. The van der Waals surface area contributed by atoms with Crippen molar-refractivity contribution in [3.8, 4) is 11.3 Å². The van der Waals surface area contributed by atoms with Crippen molar-refractivity contribution < 1.29 is 5.73 Å². The number of hydrogen-bond donors (Lipinski definition) is 2. The molecule has 1 aromatic heterocycles. The standard InChI is InChI=1S/C15H17Cl2N5/c16-11-5-1-4-10(13(11)17)14-15(19)21-12(7-20-14)22-6-2-3-9(18)8-22/h1,4-5,7,9H,2-3,6,8,18H2,(H2,19,21)/p+1. The maximum Gasteiger partial charge on any atom is 0.152 e. The summed E-state index contributed by atoms with van der Waals surface area (Å²) in [6.07, 6.45) is 3.99. The Labute approximate surface area is 139 Å². The molecule has 0 amide bonds. The first-order valence-electron chi connectivity index (χ1n) is 7.21. The molecule has 0 radical (unpaired) electrons. The van der Waals surface area contributed by atoms with Crippen molar-refractivity contribution >= 4 is 34.8 Å². The summed E-state index contributed by atoms with van der Waals surface area (Å²) in [5.74, 6) is 1.14. The molecule has 0 spiro atoms. The smallest absolute Gasteiger partial charge is 0.152 e. The van der Waals surface area contributed by atoms with Crippen LogP contribution in [0, 0.1) is 0 Å². The van der Waals surface area contributed by atoms with E-state index in [0.29, 0.717) is 33.2 Å². The molecule has 1 atom stereocenters. The van der Waals surface area contributed by atoms with Gasteiger partial charge in [-0.3, -0.25) is 0 Å². The lowest BCUT2D eigenvalue weighted by Crippen LogP contribution is -2.67. The highest BCUT2D eigenvalue weighted by molar-refractivity contribution is 6.43. The van der Waals surface area contributed by atoms with E-state index in [1.165, 1.54) is 0 Å². The molecule has 1 aliphatic heterocycles. The molecule has 2 heterocycles. The highest BCUT2D eigenvalue weighted by atomic mass is 35.5. The summed E-state index contributed by atoms with van der Waals surface area (Å²) in [6.45, 7) is 1.84. The fourth-order valence-corrected chi connectivity index (χ4v) is 3.10. The number of aromatic nitrogens is 2. The summed E-state index contributed by atoms with van der Waals surface area (Å²) in [6, 6.07) is 5.80. The number of nitrogen functional groups attached to an aromatic ring is 1. The van der Waals surface area contributed by atoms with Crippen LogP contribution >= 0.6 is 23.2 Å². The minimum Gasteiger partial charge on any atom is -0.382 e.